The van der Waals surface area contributed by atoms with Crippen molar-refractivity contribution in [2.45, 2.75) is 69.6 Å². The Morgan fingerprint density at radius 3 is 2.94 bits per heavy atom. The SMILES string of the molecule is COC=CC[C@@H]1[C@@H](CC[C@@H](F)COc2cccc(Cl)c2)[C@H](OC2CCCCO2)C[C@@H]1O. The number of ether oxygens (including phenoxy) is 4. The van der Waals surface area contributed by atoms with Crippen molar-refractivity contribution >= 4 is 11.6 Å². The average Bonchev–Trinajstić information content (AvgIpc) is 3.05. The van der Waals surface area contributed by atoms with Crippen LogP contribution in [0.5, 0.6) is 5.75 Å². The highest BCUT2D eigenvalue weighted by Gasteiger charge is 2.43. The molecule has 1 saturated heterocycles. The fraction of sp³-hybridized carbons (Fsp3) is 0.667. The van der Waals surface area contributed by atoms with E-state index in [9.17, 15) is 9.50 Å². The summed E-state index contributed by atoms with van der Waals surface area (Å²) < 4.78 is 37.2. The van der Waals surface area contributed by atoms with Crippen LogP contribution in [-0.2, 0) is 14.2 Å². The number of halogens is 2. The van der Waals surface area contributed by atoms with Crippen LogP contribution in [0.25, 0.3) is 0 Å². The van der Waals surface area contributed by atoms with Gasteiger partial charge >= 0.3 is 0 Å². The van der Waals surface area contributed by atoms with Gasteiger partial charge in [-0.2, -0.15) is 0 Å². The number of allylic oxidation sites excluding steroid dienone is 1. The van der Waals surface area contributed by atoms with Gasteiger partial charge in [-0.15, -0.1) is 0 Å². The molecule has 31 heavy (non-hydrogen) atoms. The van der Waals surface area contributed by atoms with E-state index in [2.05, 4.69) is 0 Å². The smallest absolute Gasteiger partial charge is 0.157 e. The summed E-state index contributed by atoms with van der Waals surface area (Å²) in [6, 6.07) is 6.96. The summed E-state index contributed by atoms with van der Waals surface area (Å²) in [6.07, 6.45) is 6.74. The van der Waals surface area contributed by atoms with E-state index in [1.165, 1.54) is 0 Å². The summed E-state index contributed by atoms with van der Waals surface area (Å²) in [6.45, 7) is 0.680. The van der Waals surface area contributed by atoms with Crippen molar-refractivity contribution in [1.82, 2.24) is 0 Å². The van der Waals surface area contributed by atoms with Crippen LogP contribution in [0.1, 0.15) is 44.9 Å². The zero-order valence-corrected chi connectivity index (χ0v) is 18.9. The lowest BCUT2D eigenvalue weighted by atomic mass is 9.86. The Kier molecular flexibility index (Phi) is 9.91. The van der Waals surface area contributed by atoms with Gasteiger partial charge in [0.15, 0.2) is 6.29 Å². The Morgan fingerprint density at radius 2 is 2.19 bits per heavy atom. The second-order valence-corrected chi connectivity index (χ2v) is 8.82. The van der Waals surface area contributed by atoms with E-state index in [4.69, 9.17) is 30.5 Å². The van der Waals surface area contributed by atoms with Gasteiger partial charge in [0, 0.05) is 18.1 Å². The third-order valence-electron chi connectivity index (χ3n) is 6.14. The molecule has 5 nitrogen and oxygen atoms in total. The Morgan fingerprint density at radius 1 is 1.32 bits per heavy atom. The monoisotopic (exact) mass is 456 g/mol. The Labute approximate surface area is 189 Å². The fourth-order valence-electron chi connectivity index (χ4n) is 4.56. The van der Waals surface area contributed by atoms with Crippen LogP contribution in [0.2, 0.25) is 5.02 Å². The Hall–Kier alpha value is -1.34. The van der Waals surface area contributed by atoms with E-state index in [1.54, 1.807) is 37.6 Å². The van der Waals surface area contributed by atoms with Crippen LogP contribution in [0, 0.1) is 11.8 Å². The Balaban J connectivity index is 1.55. The molecule has 0 aromatic heterocycles. The summed E-state index contributed by atoms with van der Waals surface area (Å²) in [7, 11) is 1.60. The number of hydrogen-bond acceptors (Lipinski definition) is 5. The molecule has 1 aliphatic carbocycles. The molecule has 1 saturated carbocycles. The average molecular weight is 457 g/mol. The minimum Gasteiger partial charge on any atom is -0.505 e. The number of hydrogen-bond donors (Lipinski definition) is 1. The van der Waals surface area contributed by atoms with Crippen LogP contribution in [-0.4, -0.2) is 50.1 Å². The molecule has 7 heteroatoms. The number of benzene rings is 1. The fourth-order valence-corrected chi connectivity index (χ4v) is 4.74. The normalized spacial score (nSPS) is 29.9. The largest absolute Gasteiger partial charge is 0.505 e. The van der Waals surface area contributed by atoms with Crippen molar-refractivity contribution in [1.29, 1.82) is 0 Å². The molecule has 1 aromatic carbocycles. The molecule has 174 valence electrons. The molecule has 3 rings (SSSR count). The van der Waals surface area contributed by atoms with Crippen molar-refractivity contribution in [2.75, 3.05) is 20.3 Å². The molecular weight excluding hydrogens is 423 g/mol. The maximum absolute atomic E-state index is 14.6. The zero-order valence-electron chi connectivity index (χ0n) is 18.1. The highest BCUT2D eigenvalue weighted by atomic mass is 35.5. The number of methoxy groups -OCH3 is 1. The van der Waals surface area contributed by atoms with Crippen molar-refractivity contribution in [2.24, 2.45) is 11.8 Å². The first-order valence-electron chi connectivity index (χ1n) is 11.2. The van der Waals surface area contributed by atoms with Crippen LogP contribution in [0.3, 0.4) is 0 Å². The van der Waals surface area contributed by atoms with E-state index in [-0.39, 0.29) is 30.8 Å². The van der Waals surface area contributed by atoms with Crippen molar-refractivity contribution in [3.8, 4) is 5.75 Å². The van der Waals surface area contributed by atoms with Gasteiger partial charge in [-0.25, -0.2) is 4.39 Å². The maximum Gasteiger partial charge on any atom is 0.157 e. The minimum absolute atomic E-state index is 0.000962. The molecule has 1 aliphatic heterocycles. The molecule has 1 aromatic rings. The molecular formula is C24H34ClFO5. The molecule has 1 heterocycles. The minimum atomic E-state index is -1.11. The number of rotatable bonds is 11. The predicted molar refractivity (Wildman–Crippen MR) is 118 cm³/mol. The van der Waals surface area contributed by atoms with E-state index in [1.807, 2.05) is 6.08 Å². The van der Waals surface area contributed by atoms with Crippen molar-refractivity contribution < 1.29 is 28.4 Å². The molecule has 0 radical (unpaired) electrons. The van der Waals surface area contributed by atoms with Crippen LogP contribution in [0.15, 0.2) is 36.6 Å². The van der Waals surface area contributed by atoms with Crippen molar-refractivity contribution in [3.63, 3.8) is 0 Å². The Bertz CT molecular complexity index is 682. The maximum atomic E-state index is 14.6. The van der Waals surface area contributed by atoms with Gasteiger partial charge in [-0.05, 0) is 74.6 Å². The van der Waals surface area contributed by atoms with Gasteiger partial charge < -0.3 is 24.1 Å². The lowest BCUT2D eigenvalue weighted by Crippen LogP contribution is -2.32. The third-order valence-corrected chi connectivity index (χ3v) is 6.38. The van der Waals surface area contributed by atoms with Gasteiger partial charge in [0.2, 0.25) is 0 Å². The second-order valence-electron chi connectivity index (χ2n) is 8.39. The molecule has 0 spiro atoms. The van der Waals surface area contributed by atoms with Gasteiger partial charge in [0.1, 0.15) is 18.5 Å². The summed E-state index contributed by atoms with van der Waals surface area (Å²) in [5.41, 5.74) is 0. The highest BCUT2D eigenvalue weighted by Crippen LogP contribution is 2.41. The van der Waals surface area contributed by atoms with Gasteiger partial charge in [0.05, 0.1) is 25.6 Å². The first-order chi connectivity index (χ1) is 15.1. The van der Waals surface area contributed by atoms with Crippen LogP contribution in [0.4, 0.5) is 4.39 Å². The third kappa shape index (κ3) is 7.63. The first kappa shape index (κ1) is 24.3. The zero-order chi connectivity index (χ0) is 22.1. The van der Waals surface area contributed by atoms with Crippen LogP contribution >= 0.6 is 11.6 Å². The standard InChI is InChI=1S/C24H34ClFO5/c1-28-12-5-8-20-21(23(15-22(20)27)31-24-9-2-3-13-29-24)11-10-18(26)16-30-19-7-4-6-17(25)14-19/h4-7,12,14,18,20-24,27H,2-3,8-11,13,15-16H2,1H3/t18-,20-,21-,22+,23-,24?/m1/s1. The number of aliphatic hydroxyl groups is 1. The molecule has 2 fully saturated rings. The molecule has 6 atom stereocenters. The van der Waals surface area contributed by atoms with E-state index >= 15 is 0 Å². The van der Waals surface area contributed by atoms with E-state index < -0.39 is 12.3 Å². The molecule has 2 aliphatic rings. The van der Waals surface area contributed by atoms with Crippen LogP contribution < -0.4 is 4.74 Å². The van der Waals surface area contributed by atoms with Crippen molar-refractivity contribution in [3.05, 3.63) is 41.6 Å². The molecule has 0 bridgehead atoms. The number of aliphatic hydroxyl groups excluding tert-OH is 1. The molecule has 1 N–H and O–H groups in total. The predicted octanol–water partition coefficient (Wildman–Crippen LogP) is 5.30. The van der Waals surface area contributed by atoms with E-state index in [0.29, 0.717) is 43.1 Å². The van der Waals surface area contributed by atoms with Gasteiger partial charge in [-0.3, -0.25) is 0 Å². The molecule has 1 unspecified atom stereocenters. The number of alkyl halides is 1. The summed E-state index contributed by atoms with van der Waals surface area (Å²) in [5, 5.41) is 11.2. The molecule has 0 amide bonds. The highest BCUT2D eigenvalue weighted by molar-refractivity contribution is 6.30. The lowest BCUT2D eigenvalue weighted by molar-refractivity contribution is -0.196. The quantitative estimate of drug-likeness (QED) is 0.458. The first-order valence-corrected chi connectivity index (χ1v) is 11.6. The summed E-state index contributed by atoms with van der Waals surface area (Å²) in [4.78, 5) is 0. The topological polar surface area (TPSA) is 57.2 Å². The van der Waals surface area contributed by atoms with Gasteiger partial charge in [-0.1, -0.05) is 17.7 Å². The second kappa shape index (κ2) is 12.6. The summed E-state index contributed by atoms with van der Waals surface area (Å²) in [5.74, 6) is 0.608. The van der Waals surface area contributed by atoms with Gasteiger partial charge in [0.25, 0.3) is 0 Å². The lowest BCUT2D eigenvalue weighted by Gasteiger charge is -2.30. The van der Waals surface area contributed by atoms with E-state index in [0.717, 1.165) is 19.3 Å². The summed E-state index contributed by atoms with van der Waals surface area (Å²) >= 11 is 5.95.